The molecule has 3 heteroatoms. The summed E-state index contributed by atoms with van der Waals surface area (Å²) in [5, 5.41) is 0. The number of hydrogen-bond donors (Lipinski definition) is 2. The first-order valence-electron chi connectivity index (χ1n) is 4.46. The molecule has 0 aromatic heterocycles. The molecular formula is C10H16N2O. The van der Waals surface area contributed by atoms with Crippen LogP contribution >= 0.6 is 0 Å². The van der Waals surface area contributed by atoms with Gasteiger partial charge in [0, 0.05) is 12.6 Å². The topological polar surface area (TPSA) is 61.3 Å². The molecule has 0 amide bonds. The van der Waals surface area contributed by atoms with E-state index in [4.69, 9.17) is 16.2 Å². The molecular weight excluding hydrogens is 164 g/mol. The van der Waals surface area contributed by atoms with Crippen LogP contribution in [0.4, 0.5) is 0 Å². The highest BCUT2D eigenvalue weighted by atomic mass is 16.5. The van der Waals surface area contributed by atoms with Crippen LogP contribution in [-0.2, 0) is 0 Å². The van der Waals surface area contributed by atoms with E-state index in [1.807, 2.05) is 30.3 Å². The van der Waals surface area contributed by atoms with Gasteiger partial charge in [0.1, 0.15) is 5.75 Å². The van der Waals surface area contributed by atoms with Crippen LogP contribution < -0.4 is 16.2 Å². The summed E-state index contributed by atoms with van der Waals surface area (Å²) >= 11 is 0. The zero-order valence-corrected chi connectivity index (χ0v) is 7.65. The van der Waals surface area contributed by atoms with Crippen molar-refractivity contribution in [1.29, 1.82) is 0 Å². The van der Waals surface area contributed by atoms with Crippen molar-refractivity contribution in [2.75, 3.05) is 13.2 Å². The molecule has 0 radical (unpaired) electrons. The molecule has 0 aliphatic heterocycles. The number of rotatable bonds is 5. The van der Waals surface area contributed by atoms with E-state index in [2.05, 4.69) is 0 Å². The second-order valence-electron chi connectivity index (χ2n) is 2.95. The second-order valence-corrected chi connectivity index (χ2v) is 2.95. The van der Waals surface area contributed by atoms with E-state index >= 15 is 0 Å². The summed E-state index contributed by atoms with van der Waals surface area (Å²) in [6.45, 7) is 1.14. The van der Waals surface area contributed by atoms with Gasteiger partial charge >= 0.3 is 0 Å². The average Bonchev–Trinajstić information content (AvgIpc) is 2.19. The first-order valence-corrected chi connectivity index (χ1v) is 4.46. The van der Waals surface area contributed by atoms with Gasteiger partial charge in [-0.2, -0.15) is 0 Å². The first kappa shape index (κ1) is 10.0. The van der Waals surface area contributed by atoms with E-state index in [9.17, 15) is 0 Å². The second kappa shape index (κ2) is 5.56. The molecule has 1 aromatic rings. The summed E-state index contributed by atoms with van der Waals surface area (Å²) in [7, 11) is 0. The normalized spacial score (nSPS) is 12.5. The van der Waals surface area contributed by atoms with Gasteiger partial charge in [-0.05, 0) is 18.6 Å². The van der Waals surface area contributed by atoms with E-state index in [0.717, 1.165) is 12.2 Å². The Balaban J connectivity index is 2.20. The number of nitrogens with two attached hydrogens (primary N) is 2. The maximum atomic E-state index is 5.63. The molecule has 72 valence electrons. The first-order chi connectivity index (χ1) is 6.33. The van der Waals surface area contributed by atoms with Crippen molar-refractivity contribution in [3.63, 3.8) is 0 Å². The van der Waals surface area contributed by atoms with Crippen molar-refractivity contribution in [3.8, 4) is 5.75 Å². The lowest BCUT2D eigenvalue weighted by molar-refractivity contribution is 0.298. The van der Waals surface area contributed by atoms with Crippen LogP contribution in [0.15, 0.2) is 30.3 Å². The SMILES string of the molecule is NCC(N)CCOc1ccccc1. The molecule has 0 heterocycles. The fraction of sp³-hybridized carbons (Fsp3) is 0.400. The van der Waals surface area contributed by atoms with Crippen LogP contribution in [0.5, 0.6) is 5.75 Å². The molecule has 0 saturated heterocycles. The third kappa shape index (κ3) is 3.92. The van der Waals surface area contributed by atoms with Gasteiger partial charge in [-0.1, -0.05) is 18.2 Å². The van der Waals surface area contributed by atoms with Crippen LogP contribution in [0.2, 0.25) is 0 Å². The van der Waals surface area contributed by atoms with Crippen LogP contribution in [-0.4, -0.2) is 19.2 Å². The van der Waals surface area contributed by atoms with Crippen LogP contribution in [0.3, 0.4) is 0 Å². The minimum Gasteiger partial charge on any atom is -0.494 e. The summed E-state index contributed by atoms with van der Waals surface area (Å²) in [5.74, 6) is 0.881. The zero-order chi connectivity index (χ0) is 9.52. The molecule has 0 aliphatic rings. The zero-order valence-electron chi connectivity index (χ0n) is 7.65. The van der Waals surface area contributed by atoms with Gasteiger partial charge in [-0.25, -0.2) is 0 Å². The average molecular weight is 180 g/mol. The molecule has 13 heavy (non-hydrogen) atoms. The Hall–Kier alpha value is -1.06. The fourth-order valence-corrected chi connectivity index (χ4v) is 0.963. The highest BCUT2D eigenvalue weighted by Gasteiger charge is 1.98. The Labute approximate surface area is 78.7 Å². The summed E-state index contributed by atoms with van der Waals surface area (Å²) < 4.78 is 5.44. The van der Waals surface area contributed by atoms with Gasteiger partial charge in [-0.15, -0.1) is 0 Å². The van der Waals surface area contributed by atoms with Gasteiger partial charge in [0.05, 0.1) is 6.61 Å². The number of benzene rings is 1. The van der Waals surface area contributed by atoms with Gasteiger partial charge < -0.3 is 16.2 Å². The minimum atomic E-state index is 0.0451. The van der Waals surface area contributed by atoms with E-state index < -0.39 is 0 Å². The summed E-state index contributed by atoms with van der Waals surface area (Å²) in [6, 6.07) is 9.74. The number of hydrogen-bond acceptors (Lipinski definition) is 3. The van der Waals surface area contributed by atoms with Crippen molar-refractivity contribution >= 4 is 0 Å². The van der Waals surface area contributed by atoms with Crippen molar-refractivity contribution in [2.24, 2.45) is 11.5 Å². The summed E-state index contributed by atoms with van der Waals surface area (Å²) in [6.07, 6.45) is 0.797. The van der Waals surface area contributed by atoms with Gasteiger partial charge in [-0.3, -0.25) is 0 Å². The molecule has 0 spiro atoms. The fourth-order valence-electron chi connectivity index (χ4n) is 0.963. The molecule has 0 aliphatic carbocycles. The molecule has 1 rings (SSSR count). The largest absolute Gasteiger partial charge is 0.494 e. The Morgan fingerprint density at radius 3 is 2.54 bits per heavy atom. The lowest BCUT2D eigenvalue weighted by Gasteiger charge is -2.09. The lowest BCUT2D eigenvalue weighted by atomic mass is 10.2. The smallest absolute Gasteiger partial charge is 0.119 e. The molecule has 0 saturated carbocycles. The Morgan fingerprint density at radius 2 is 1.92 bits per heavy atom. The van der Waals surface area contributed by atoms with E-state index in [1.165, 1.54) is 0 Å². The molecule has 0 fully saturated rings. The van der Waals surface area contributed by atoms with Crippen molar-refractivity contribution in [3.05, 3.63) is 30.3 Å². The molecule has 1 atom stereocenters. The summed E-state index contributed by atoms with van der Waals surface area (Å²) in [5.41, 5.74) is 11.0. The molecule has 4 N–H and O–H groups in total. The Bertz CT molecular complexity index is 226. The monoisotopic (exact) mass is 180 g/mol. The molecule has 1 aromatic carbocycles. The quantitative estimate of drug-likeness (QED) is 0.702. The molecule has 0 bridgehead atoms. The third-order valence-corrected chi connectivity index (χ3v) is 1.80. The van der Waals surface area contributed by atoms with Crippen LogP contribution in [0, 0.1) is 0 Å². The van der Waals surface area contributed by atoms with Crippen molar-refractivity contribution < 1.29 is 4.74 Å². The number of para-hydroxylation sites is 1. The molecule has 3 nitrogen and oxygen atoms in total. The standard InChI is InChI=1S/C10H16N2O/c11-8-9(12)6-7-13-10-4-2-1-3-5-10/h1-5,9H,6-8,11-12H2. The van der Waals surface area contributed by atoms with Gasteiger partial charge in [0.25, 0.3) is 0 Å². The highest BCUT2D eigenvalue weighted by molar-refractivity contribution is 5.20. The lowest BCUT2D eigenvalue weighted by Crippen LogP contribution is -2.31. The van der Waals surface area contributed by atoms with E-state index in [0.29, 0.717) is 13.2 Å². The number of ether oxygens (including phenoxy) is 1. The predicted molar refractivity (Wildman–Crippen MR) is 53.6 cm³/mol. The Morgan fingerprint density at radius 1 is 1.23 bits per heavy atom. The third-order valence-electron chi connectivity index (χ3n) is 1.80. The maximum absolute atomic E-state index is 5.63. The minimum absolute atomic E-state index is 0.0451. The van der Waals surface area contributed by atoms with Crippen molar-refractivity contribution in [2.45, 2.75) is 12.5 Å². The van der Waals surface area contributed by atoms with Crippen LogP contribution in [0.25, 0.3) is 0 Å². The van der Waals surface area contributed by atoms with Gasteiger partial charge in [0.2, 0.25) is 0 Å². The van der Waals surface area contributed by atoms with Gasteiger partial charge in [0.15, 0.2) is 0 Å². The van der Waals surface area contributed by atoms with Crippen molar-refractivity contribution in [1.82, 2.24) is 0 Å². The molecule has 1 unspecified atom stereocenters. The maximum Gasteiger partial charge on any atom is 0.119 e. The Kier molecular flexibility index (Phi) is 4.29. The predicted octanol–water partition coefficient (Wildman–Crippen LogP) is 0.741. The van der Waals surface area contributed by atoms with Crippen LogP contribution in [0.1, 0.15) is 6.42 Å². The van der Waals surface area contributed by atoms with E-state index in [-0.39, 0.29) is 6.04 Å². The van der Waals surface area contributed by atoms with E-state index in [1.54, 1.807) is 0 Å². The highest BCUT2D eigenvalue weighted by Crippen LogP contribution is 2.08. The summed E-state index contributed by atoms with van der Waals surface area (Å²) in [4.78, 5) is 0.